The Labute approximate surface area is 139 Å². The number of amides is 2. The van der Waals surface area contributed by atoms with Crippen molar-refractivity contribution >= 4 is 23.2 Å². The molecule has 0 bridgehead atoms. The first-order valence-corrected chi connectivity index (χ1v) is 8.80. The Bertz CT molecular complexity index is 748. The first kappa shape index (κ1) is 14.6. The molecule has 2 amide bonds. The lowest BCUT2D eigenvalue weighted by Crippen LogP contribution is -2.41. The van der Waals surface area contributed by atoms with E-state index in [1.165, 1.54) is 15.3 Å². The van der Waals surface area contributed by atoms with E-state index in [-0.39, 0.29) is 11.8 Å². The fourth-order valence-corrected chi connectivity index (χ4v) is 4.50. The third-order valence-corrected chi connectivity index (χ3v) is 5.89. The smallest absolute Gasteiger partial charge is 0.261 e. The fourth-order valence-electron chi connectivity index (χ4n) is 3.54. The maximum absolute atomic E-state index is 12.4. The van der Waals surface area contributed by atoms with Gasteiger partial charge < -0.3 is 0 Å². The Morgan fingerprint density at radius 3 is 2.48 bits per heavy atom. The van der Waals surface area contributed by atoms with E-state index in [1.54, 1.807) is 24.3 Å². The predicted molar refractivity (Wildman–Crippen MR) is 89.8 cm³/mol. The Balaban J connectivity index is 1.47. The van der Waals surface area contributed by atoms with E-state index in [9.17, 15) is 9.59 Å². The predicted octanol–water partition coefficient (Wildman–Crippen LogP) is 2.96. The number of thiophene rings is 1. The van der Waals surface area contributed by atoms with E-state index in [0.29, 0.717) is 23.7 Å². The topological polar surface area (TPSA) is 40.6 Å². The summed E-state index contributed by atoms with van der Waals surface area (Å²) in [5, 5.41) is 2.15. The number of benzene rings is 1. The normalized spacial score (nSPS) is 20.7. The molecule has 1 aromatic carbocycles. The molecule has 0 radical (unpaired) electrons. The summed E-state index contributed by atoms with van der Waals surface area (Å²) in [6.45, 7) is 4.36. The molecule has 4 rings (SSSR count). The van der Waals surface area contributed by atoms with E-state index in [0.717, 1.165) is 19.5 Å². The maximum Gasteiger partial charge on any atom is 0.261 e. The molecule has 3 heterocycles. The van der Waals surface area contributed by atoms with Gasteiger partial charge in [0.2, 0.25) is 0 Å². The lowest BCUT2D eigenvalue weighted by Gasteiger charge is -2.34. The van der Waals surface area contributed by atoms with Crippen molar-refractivity contribution in [3.8, 4) is 0 Å². The highest BCUT2D eigenvalue weighted by molar-refractivity contribution is 7.10. The molecular weight excluding hydrogens is 308 g/mol. The van der Waals surface area contributed by atoms with Crippen LogP contribution >= 0.6 is 11.3 Å². The van der Waals surface area contributed by atoms with Gasteiger partial charge >= 0.3 is 0 Å². The average molecular weight is 326 g/mol. The molecule has 0 aliphatic carbocycles. The molecule has 4 nitrogen and oxygen atoms in total. The largest absolute Gasteiger partial charge is 0.294 e. The zero-order valence-corrected chi connectivity index (χ0v) is 13.8. The van der Waals surface area contributed by atoms with Gasteiger partial charge in [0, 0.05) is 30.6 Å². The van der Waals surface area contributed by atoms with Crippen LogP contribution in [0.15, 0.2) is 35.7 Å². The molecule has 0 fully saturated rings. The van der Waals surface area contributed by atoms with Crippen LogP contribution in [0.5, 0.6) is 0 Å². The van der Waals surface area contributed by atoms with Crippen molar-refractivity contribution in [2.24, 2.45) is 0 Å². The Morgan fingerprint density at radius 1 is 1.09 bits per heavy atom. The zero-order valence-electron chi connectivity index (χ0n) is 13.0. The number of hydrogen-bond acceptors (Lipinski definition) is 4. The number of carbonyl (C=O) groups is 2. The molecule has 2 aliphatic rings. The second-order valence-electron chi connectivity index (χ2n) is 6.07. The minimum Gasteiger partial charge on any atom is -0.294 e. The van der Waals surface area contributed by atoms with Crippen molar-refractivity contribution in [3.05, 3.63) is 57.3 Å². The number of imide groups is 1. The number of fused-ring (bicyclic) bond motifs is 2. The molecule has 118 valence electrons. The fraction of sp³-hybridized carbons (Fsp3) is 0.333. The molecule has 0 saturated carbocycles. The van der Waals surface area contributed by atoms with Crippen molar-refractivity contribution in [1.29, 1.82) is 0 Å². The highest BCUT2D eigenvalue weighted by Gasteiger charge is 2.35. The van der Waals surface area contributed by atoms with Gasteiger partial charge in [-0.05, 0) is 42.5 Å². The lowest BCUT2D eigenvalue weighted by molar-refractivity contribution is 0.0623. The van der Waals surface area contributed by atoms with Gasteiger partial charge in [0.1, 0.15) is 0 Å². The van der Waals surface area contributed by atoms with Crippen molar-refractivity contribution in [2.45, 2.75) is 19.4 Å². The third kappa shape index (κ3) is 2.31. The molecule has 1 unspecified atom stereocenters. The minimum atomic E-state index is -0.161. The van der Waals surface area contributed by atoms with Gasteiger partial charge in [0.15, 0.2) is 0 Å². The summed E-state index contributed by atoms with van der Waals surface area (Å²) in [7, 11) is 0. The van der Waals surface area contributed by atoms with Crippen LogP contribution in [0.1, 0.15) is 44.1 Å². The molecule has 0 saturated heterocycles. The van der Waals surface area contributed by atoms with Crippen molar-refractivity contribution in [2.75, 3.05) is 19.6 Å². The van der Waals surface area contributed by atoms with Crippen molar-refractivity contribution < 1.29 is 9.59 Å². The second kappa shape index (κ2) is 5.58. The molecule has 2 aromatic rings. The summed E-state index contributed by atoms with van der Waals surface area (Å²) < 4.78 is 0. The van der Waals surface area contributed by atoms with Gasteiger partial charge in [0.25, 0.3) is 11.8 Å². The number of rotatable bonds is 3. The van der Waals surface area contributed by atoms with Crippen molar-refractivity contribution in [1.82, 2.24) is 9.80 Å². The van der Waals surface area contributed by atoms with Gasteiger partial charge in [0.05, 0.1) is 11.1 Å². The van der Waals surface area contributed by atoms with E-state index in [4.69, 9.17) is 0 Å². The Morgan fingerprint density at radius 2 is 1.78 bits per heavy atom. The molecule has 1 aromatic heterocycles. The lowest BCUT2D eigenvalue weighted by atomic mass is 10.0. The zero-order chi connectivity index (χ0) is 16.0. The highest BCUT2D eigenvalue weighted by atomic mass is 32.1. The molecule has 1 atom stereocenters. The molecular formula is C18H18N2O2S. The van der Waals surface area contributed by atoms with Gasteiger partial charge in [-0.15, -0.1) is 11.3 Å². The van der Waals surface area contributed by atoms with Crippen LogP contribution < -0.4 is 0 Å². The van der Waals surface area contributed by atoms with Crippen LogP contribution in [-0.2, 0) is 6.42 Å². The quantitative estimate of drug-likeness (QED) is 0.814. The van der Waals surface area contributed by atoms with Crippen LogP contribution in [-0.4, -0.2) is 41.2 Å². The summed E-state index contributed by atoms with van der Waals surface area (Å²) in [6, 6.07) is 9.61. The summed E-state index contributed by atoms with van der Waals surface area (Å²) in [5.74, 6) is -0.321. The summed E-state index contributed by atoms with van der Waals surface area (Å²) in [5.41, 5.74) is 2.46. The van der Waals surface area contributed by atoms with E-state index < -0.39 is 0 Å². The second-order valence-corrected chi connectivity index (χ2v) is 7.07. The highest BCUT2D eigenvalue weighted by Crippen LogP contribution is 2.32. The molecule has 2 aliphatic heterocycles. The van der Waals surface area contributed by atoms with E-state index >= 15 is 0 Å². The van der Waals surface area contributed by atoms with Crippen molar-refractivity contribution in [3.63, 3.8) is 0 Å². The van der Waals surface area contributed by atoms with E-state index in [2.05, 4.69) is 23.3 Å². The third-order valence-electron chi connectivity index (χ3n) is 4.89. The SMILES string of the molecule is CC1c2ccsc2CCN1CCN1C(=O)c2ccccc2C1=O. The van der Waals surface area contributed by atoms with Crippen LogP contribution in [0, 0.1) is 0 Å². The first-order chi connectivity index (χ1) is 11.2. The van der Waals surface area contributed by atoms with Gasteiger partial charge in [-0.1, -0.05) is 12.1 Å². The molecule has 5 heteroatoms. The molecule has 0 spiro atoms. The van der Waals surface area contributed by atoms with E-state index in [1.807, 2.05) is 11.3 Å². The number of hydrogen-bond donors (Lipinski definition) is 0. The first-order valence-electron chi connectivity index (χ1n) is 7.92. The van der Waals surface area contributed by atoms with Crippen LogP contribution in [0.2, 0.25) is 0 Å². The van der Waals surface area contributed by atoms with Gasteiger partial charge in [-0.3, -0.25) is 19.4 Å². The van der Waals surface area contributed by atoms with Crippen LogP contribution in [0.3, 0.4) is 0 Å². The molecule has 0 N–H and O–H groups in total. The van der Waals surface area contributed by atoms with Crippen LogP contribution in [0.25, 0.3) is 0 Å². The summed E-state index contributed by atoms with van der Waals surface area (Å²) in [6.07, 6.45) is 1.06. The Kier molecular flexibility index (Phi) is 3.54. The minimum absolute atomic E-state index is 0.161. The monoisotopic (exact) mass is 326 g/mol. The average Bonchev–Trinajstić information content (AvgIpc) is 3.13. The van der Waals surface area contributed by atoms with Gasteiger partial charge in [-0.25, -0.2) is 0 Å². The molecule has 23 heavy (non-hydrogen) atoms. The Hall–Kier alpha value is -1.98. The standard InChI is InChI=1S/C18H18N2O2S/c1-12-13-7-11-23-16(13)6-8-19(12)9-10-20-17(21)14-4-2-3-5-15(14)18(20)22/h2-5,7,11-12H,6,8-10H2,1H3. The maximum atomic E-state index is 12.4. The van der Waals surface area contributed by atoms with Gasteiger partial charge in [-0.2, -0.15) is 0 Å². The summed E-state index contributed by atoms with van der Waals surface area (Å²) >= 11 is 1.82. The van der Waals surface area contributed by atoms with Crippen LogP contribution in [0.4, 0.5) is 0 Å². The number of carbonyl (C=O) groups excluding carboxylic acids is 2. The number of nitrogens with zero attached hydrogens (tertiary/aromatic N) is 2. The summed E-state index contributed by atoms with van der Waals surface area (Å²) in [4.78, 5) is 30.0.